The molecule has 2 aromatic heterocycles. The molecule has 0 bridgehead atoms. The molecule has 1 aliphatic heterocycles. The second kappa shape index (κ2) is 5.87. The van der Waals surface area contributed by atoms with Gasteiger partial charge in [-0.1, -0.05) is 0 Å². The molecule has 0 aromatic carbocycles. The summed E-state index contributed by atoms with van der Waals surface area (Å²) in [4.78, 5) is 21.5. The minimum absolute atomic E-state index is 0.195. The van der Waals surface area contributed by atoms with Crippen molar-refractivity contribution in [2.45, 2.75) is 46.1 Å². The molecule has 1 aliphatic rings. The van der Waals surface area contributed by atoms with E-state index in [-0.39, 0.29) is 6.09 Å². The number of carbonyl (C=O) groups is 1. The fourth-order valence-electron chi connectivity index (χ4n) is 3.30. The van der Waals surface area contributed by atoms with Crippen LogP contribution in [0.15, 0.2) is 18.6 Å². The molecule has 3 heterocycles. The predicted molar refractivity (Wildman–Crippen MR) is 90.4 cm³/mol. The molecule has 5 heteroatoms. The number of nitrogens with zero attached hydrogens (tertiary/aromatic N) is 2. The number of ether oxygens (including phenoxy) is 1. The highest BCUT2D eigenvalue weighted by Gasteiger charge is 2.30. The van der Waals surface area contributed by atoms with Crippen LogP contribution in [0.25, 0.3) is 10.9 Å². The van der Waals surface area contributed by atoms with Crippen molar-refractivity contribution in [1.29, 1.82) is 0 Å². The number of fused-ring (bicyclic) bond motifs is 1. The quantitative estimate of drug-likeness (QED) is 0.920. The number of nitrogens with one attached hydrogen (secondary N) is 1. The van der Waals surface area contributed by atoms with E-state index in [9.17, 15) is 4.79 Å². The minimum Gasteiger partial charge on any atom is -0.444 e. The maximum atomic E-state index is 12.2. The van der Waals surface area contributed by atoms with Crippen molar-refractivity contribution >= 4 is 17.0 Å². The standard InChI is InChI=1S/C18H25N3O2/c1-12-8-19-10-15-16(12)14(9-20-15)7-13-5-6-21(11-13)17(22)23-18(2,3)4/h8-10,13,20H,5-7,11H2,1-4H3/t13-/m1/s1. The third-order valence-corrected chi connectivity index (χ3v) is 4.30. The van der Waals surface area contributed by atoms with Crippen molar-refractivity contribution in [2.24, 2.45) is 5.92 Å². The maximum Gasteiger partial charge on any atom is 0.410 e. The number of amides is 1. The Labute approximate surface area is 137 Å². The molecule has 3 rings (SSSR count). The Morgan fingerprint density at radius 1 is 1.43 bits per heavy atom. The van der Waals surface area contributed by atoms with E-state index in [0.717, 1.165) is 31.4 Å². The first kappa shape index (κ1) is 15.8. The topological polar surface area (TPSA) is 58.2 Å². The Balaban J connectivity index is 1.67. The Morgan fingerprint density at radius 2 is 2.22 bits per heavy atom. The smallest absolute Gasteiger partial charge is 0.410 e. The third kappa shape index (κ3) is 3.49. The number of carbonyl (C=O) groups excluding carboxylic acids is 1. The van der Waals surface area contributed by atoms with E-state index in [1.54, 1.807) is 0 Å². The predicted octanol–water partition coefficient (Wildman–Crippen LogP) is 3.67. The number of hydrogen-bond donors (Lipinski definition) is 1. The van der Waals surface area contributed by atoms with E-state index in [4.69, 9.17) is 4.74 Å². The van der Waals surface area contributed by atoms with Crippen LogP contribution >= 0.6 is 0 Å². The number of aromatic amines is 1. The van der Waals surface area contributed by atoms with Gasteiger partial charge in [0.25, 0.3) is 0 Å². The summed E-state index contributed by atoms with van der Waals surface area (Å²) in [7, 11) is 0. The van der Waals surface area contributed by atoms with Crippen LogP contribution in [0.1, 0.15) is 38.3 Å². The van der Waals surface area contributed by atoms with Gasteiger partial charge in [-0.15, -0.1) is 0 Å². The van der Waals surface area contributed by atoms with Gasteiger partial charge in [0.15, 0.2) is 0 Å². The molecule has 0 radical (unpaired) electrons. The molecule has 0 spiro atoms. The molecule has 1 saturated heterocycles. The summed E-state index contributed by atoms with van der Waals surface area (Å²) in [5.74, 6) is 0.481. The van der Waals surface area contributed by atoms with Gasteiger partial charge in [-0.25, -0.2) is 4.79 Å². The molecule has 0 aliphatic carbocycles. The highest BCUT2D eigenvalue weighted by atomic mass is 16.6. The minimum atomic E-state index is -0.434. The Hall–Kier alpha value is -2.04. The fraction of sp³-hybridized carbons (Fsp3) is 0.556. The Bertz CT molecular complexity index is 715. The van der Waals surface area contributed by atoms with Crippen LogP contribution in [0, 0.1) is 12.8 Å². The molecular weight excluding hydrogens is 290 g/mol. The van der Waals surface area contributed by atoms with Gasteiger partial charge in [-0.05, 0) is 57.6 Å². The summed E-state index contributed by atoms with van der Waals surface area (Å²) in [6.07, 6.45) is 7.66. The van der Waals surface area contributed by atoms with Crippen LogP contribution in [0.5, 0.6) is 0 Å². The van der Waals surface area contributed by atoms with Crippen molar-refractivity contribution in [1.82, 2.24) is 14.9 Å². The first-order chi connectivity index (χ1) is 10.8. The van der Waals surface area contributed by atoms with Gasteiger partial charge >= 0.3 is 6.09 Å². The first-order valence-corrected chi connectivity index (χ1v) is 8.22. The zero-order valence-electron chi connectivity index (χ0n) is 14.3. The summed E-state index contributed by atoms with van der Waals surface area (Å²) in [5, 5.41) is 1.27. The molecule has 23 heavy (non-hydrogen) atoms. The normalized spacial score (nSPS) is 18.6. The second-order valence-electron chi connectivity index (χ2n) is 7.48. The lowest BCUT2D eigenvalue weighted by atomic mass is 9.97. The molecule has 0 saturated carbocycles. The zero-order chi connectivity index (χ0) is 16.6. The number of hydrogen-bond acceptors (Lipinski definition) is 3. The third-order valence-electron chi connectivity index (χ3n) is 4.30. The first-order valence-electron chi connectivity index (χ1n) is 8.22. The van der Waals surface area contributed by atoms with Gasteiger partial charge in [0.1, 0.15) is 5.60 Å². The summed E-state index contributed by atoms with van der Waals surface area (Å²) < 4.78 is 5.47. The fourth-order valence-corrected chi connectivity index (χ4v) is 3.30. The average molecular weight is 315 g/mol. The van der Waals surface area contributed by atoms with Crippen molar-refractivity contribution in [3.8, 4) is 0 Å². The van der Waals surface area contributed by atoms with Gasteiger partial charge in [0, 0.05) is 30.9 Å². The summed E-state index contributed by atoms with van der Waals surface area (Å²) in [6.45, 7) is 9.35. The van der Waals surface area contributed by atoms with E-state index >= 15 is 0 Å². The largest absolute Gasteiger partial charge is 0.444 e. The average Bonchev–Trinajstić information content (AvgIpc) is 3.06. The monoisotopic (exact) mass is 315 g/mol. The number of pyridine rings is 1. The van der Waals surface area contributed by atoms with Crippen LogP contribution in [0.3, 0.4) is 0 Å². The summed E-state index contributed by atoms with van der Waals surface area (Å²) in [5.41, 5.74) is 3.16. The van der Waals surface area contributed by atoms with E-state index in [1.165, 1.54) is 16.5 Å². The van der Waals surface area contributed by atoms with Crippen LogP contribution in [0.2, 0.25) is 0 Å². The highest BCUT2D eigenvalue weighted by Crippen LogP contribution is 2.27. The molecule has 1 N–H and O–H groups in total. The SMILES string of the molecule is Cc1cncc2[nH]cc(C[C@H]3CCN(C(=O)OC(C)(C)C)C3)c12. The number of likely N-dealkylation sites (tertiary alicyclic amines) is 1. The zero-order valence-corrected chi connectivity index (χ0v) is 14.3. The maximum absolute atomic E-state index is 12.2. The number of aromatic nitrogens is 2. The molecule has 5 nitrogen and oxygen atoms in total. The van der Waals surface area contributed by atoms with Crippen LogP contribution < -0.4 is 0 Å². The molecule has 0 unspecified atom stereocenters. The van der Waals surface area contributed by atoms with Crippen LogP contribution in [-0.4, -0.2) is 39.7 Å². The van der Waals surface area contributed by atoms with Gasteiger partial charge < -0.3 is 14.6 Å². The molecule has 1 fully saturated rings. The molecule has 1 atom stereocenters. The molecule has 124 valence electrons. The molecule has 1 amide bonds. The summed E-state index contributed by atoms with van der Waals surface area (Å²) >= 11 is 0. The summed E-state index contributed by atoms with van der Waals surface area (Å²) in [6, 6.07) is 0. The lowest BCUT2D eigenvalue weighted by Gasteiger charge is -2.24. The van der Waals surface area contributed by atoms with E-state index in [1.807, 2.05) is 38.1 Å². The van der Waals surface area contributed by atoms with Crippen molar-refractivity contribution in [2.75, 3.05) is 13.1 Å². The number of aryl methyl sites for hydroxylation is 1. The van der Waals surface area contributed by atoms with Gasteiger partial charge in [0.05, 0.1) is 11.7 Å². The number of rotatable bonds is 2. The van der Waals surface area contributed by atoms with Crippen LogP contribution in [0.4, 0.5) is 4.79 Å². The van der Waals surface area contributed by atoms with Crippen molar-refractivity contribution < 1.29 is 9.53 Å². The molecule has 2 aromatic rings. The van der Waals surface area contributed by atoms with Crippen molar-refractivity contribution in [3.05, 3.63) is 29.7 Å². The number of H-pyrrole nitrogens is 1. The van der Waals surface area contributed by atoms with E-state index in [0.29, 0.717) is 5.92 Å². The van der Waals surface area contributed by atoms with Gasteiger partial charge in [-0.3, -0.25) is 4.98 Å². The van der Waals surface area contributed by atoms with Gasteiger partial charge in [-0.2, -0.15) is 0 Å². The van der Waals surface area contributed by atoms with Gasteiger partial charge in [0.2, 0.25) is 0 Å². The lowest BCUT2D eigenvalue weighted by Crippen LogP contribution is -2.35. The highest BCUT2D eigenvalue weighted by molar-refractivity contribution is 5.85. The van der Waals surface area contributed by atoms with E-state index in [2.05, 4.69) is 23.1 Å². The lowest BCUT2D eigenvalue weighted by molar-refractivity contribution is 0.0288. The van der Waals surface area contributed by atoms with Crippen molar-refractivity contribution in [3.63, 3.8) is 0 Å². The van der Waals surface area contributed by atoms with Crippen LogP contribution in [-0.2, 0) is 11.2 Å². The molecular formula is C18H25N3O2. The van der Waals surface area contributed by atoms with E-state index < -0.39 is 5.60 Å². The Morgan fingerprint density at radius 3 is 2.96 bits per heavy atom. The Kier molecular flexibility index (Phi) is 4.04. The second-order valence-corrected chi connectivity index (χ2v) is 7.48.